The Bertz CT molecular complexity index is 1100. The summed E-state index contributed by atoms with van der Waals surface area (Å²) < 4.78 is 5.41. The van der Waals surface area contributed by atoms with Gasteiger partial charge in [0.2, 0.25) is 11.8 Å². The summed E-state index contributed by atoms with van der Waals surface area (Å²) in [5.41, 5.74) is 2.59. The fourth-order valence-electron chi connectivity index (χ4n) is 4.35. The zero-order valence-electron chi connectivity index (χ0n) is 20.3. The molecule has 1 N–H and O–H groups in total. The van der Waals surface area contributed by atoms with Crippen molar-refractivity contribution in [3.63, 3.8) is 0 Å². The molecule has 2 amide bonds. The van der Waals surface area contributed by atoms with E-state index in [1.165, 1.54) is 0 Å². The van der Waals surface area contributed by atoms with Gasteiger partial charge >= 0.3 is 0 Å². The topological polar surface area (TPSA) is 61.9 Å². The van der Waals surface area contributed by atoms with E-state index < -0.39 is 6.04 Å². The Morgan fingerprint density at radius 3 is 2.19 bits per heavy atom. The Hall–Kier alpha value is -3.19. The number of benzene rings is 3. The van der Waals surface area contributed by atoms with Crippen molar-refractivity contribution < 1.29 is 14.3 Å². The first-order chi connectivity index (χ1) is 17.6. The molecule has 4 rings (SSSR count). The van der Waals surface area contributed by atoms with E-state index in [0.717, 1.165) is 36.3 Å². The molecule has 0 bridgehead atoms. The van der Waals surface area contributed by atoms with Crippen molar-refractivity contribution in [3.8, 4) is 0 Å². The molecule has 1 aliphatic rings. The van der Waals surface area contributed by atoms with E-state index in [4.69, 9.17) is 16.3 Å². The number of hydrogen-bond acceptors (Lipinski definition) is 4. The number of carbonyl (C=O) groups excluding carboxylic acids is 2. The van der Waals surface area contributed by atoms with Gasteiger partial charge in [-0.1, -0.05) is 84.4 Å². The second kappa shape index (κ2) is 13.2. The van der Waals surface area contributed by atoms with Gasteiger partial charge in [-0.3, -0.25) is 14.5 Å². The quantitative estimate of drug-likeness (QED) is 0.450. The summed E-state index contributed by atoms with van der Waals surface area (Å²) in [6.45, 7) is 4.72. The van der Waals surface area contributed by atoms with Gasteiger partial charge in [-0.05, 0) is 28.8 Å². The smallest absolute Gasteiger partial charge is 0.247 e. The molecule has 1 atom stereocenters. The molecule has 0 spiro atoms. The summed E-state index contributed by atoms with van der Waals surface area (Å²) >= 11 is 6.04. The lowest BCUT2D eigenvalue weighted by Crippen LogP contribution is -2.46. The average Bonchev–Trinajstić information content (AvgIpc) is 2.91. The van der Waals surface area contributed by atoms with Crippen LogP contribution < -0.4 is 5.32 Å². The van der Waals surface area contributed by atoms with E-state index in [9.17, 15) is 9.59 Å². The molecule has 0 aliphatic carbocycles. The highest BCUT2D eigenvalue weighted by atomic mass is 35.5. The molecule has 6 nitrogen and oxygen atoms in total. The maximum Gasteiger partial charge on any atom is 0.247 e. The third-order valence-electron chi connectivity index (χ3n) is 6.29. The first kappa shape index (κ1) is 25.9. The van der Waals surface area contributed by atoms with Crippen LogP contribution in [0.25, 0.3) is 0 Å². The summed E-state index contributed by atoms with van der Waals surface area (Å²) in [5, 5.41) is 3.71. The highest BCUT2D eigenvalue weighted by Gasteiger charge is 2.31. The van der Waals surface area contributed by atoms with Crippen molar-refractivity contribution in [2.24, 2.45) is 0 Å². The molecule has 188 valence electrons. The van der Waals surface area contributed by atoms with E-state index >= 15 is 0 Å². The maximum absolute atomic E-state index is 13.7. The van der Waals surface area contributed by atoms with Crippen molar-refractivity contribution in [3.05, 3.63) is 107 Å². The predicted molar refractivity (Wildman–Crippen MR) is 142 cm³/mol. The normalized spacial score (nSPS) is 14.7. The minimum absolute atomic E-state index is 0.127. The van der Waals surface area contributed by atoms with Crippen LogP contribution in [0, 0.1) is 0 Å². The number of morpholine rings is 1. The van der Waals surface area contributed by atoms with E-state index in [-0.39, 0.29) is 18.2 Å². The van der Waals surface area contributed by atoms with Gasteiger partial charge in [0.25, 0.3) is 0 Å². The zero-order valence-corrected chi connectivity index (χ0v) is 21.1. The summed E-state index contributed by atoms with van der Waals surface area (Å²) in [5.74, 6) is -0.312. The molecule has 0 aromatic heterocycles. The Labute approximate surface area is 217 Å². The molecule has 0 radical (unpaired) electrons. The lowest BCUT2D eigenvalue weighted by molar-refractivity contribution is -0.141. The maximum atomic E-state index is 13.7. The van der Waals surface area contributed by atoms with Crippen LogP contribution in [0.1, 0.15) is 22.7 Å². The Morgan fingerprint density at radius 1 is 0.889 bits per heavy atom. The monoisotopic (exact) mass is 505 g/mol. The van der Waals surface area contributed by atoms with Gasteiger partial charge in [0.05, 0.1) is 19.6 Å². The first-order valence-corrected chi connectivity index (χ1v) is 12.7. The molecule has 7 heteroatoms. The largest absolute Gasteiger partial charge is 0.379 e. The number of carbonyl (C=O) groups is 2. The van der Waals surface area contributed by atoms with E-state index in [1.54, 1.807) is 17.0 Å². The number of amides is 2. The van der Waals surface area contributed by atoms with E-state index in [2.05, 4.69) is 10.2 Å². The third-order valence-corrected chi connectivity index (χ3v) is 6.54. The van der Waals surface area contributed by atoms with Gasteiger partial charge in [0, 0.05) is 37.7 Å². The van der Waals surface area contributed by atoms with Gasteiger partial charge in [-0.25, -0.2) is 0 Å². The van der Waals surface area contributed by atoms with Crippen LogP contribution in [0.15, 0.2) is 84.9 Å². The molecule has 1 heterocycles. The van der Waals surface area contributed by atoms with Crippen LogP contribution >= 0.6 is 11.6 Å². The molecule has 3 aromatic rings. The van der Waals surface area contributed by atoms with Crippen molar-refractivity contribution >= 4 is 23.4 Å². The Morgan fingerprint density at radius 2 is 1.53 bits per heavy atom. The molecule has 36 heavy (non-hydrogen) atoms. The number of ether oxygens (including phenoxy) is 1. The van der Waals surface area contributed by atoms with Crippen LogP contribution in [0.5, 0.6) is 0 Å². The summed E-state index contributed by atoms with van der Waals surface area (Å²) in [7, 11) is 0. The second-order valence-electron chi connectivity index (χ2n) is 8.87. The van der Waals surface area contributed by atoms with Crippen LogP contribution in [-0.4, -0.2) is 61.0 Å². The number of nitrogens with zero attached hydrogens (tertiary/aromatic N) is 2. The SMILES string of the molecule is O=C(NCCN1CCOCC1)[C@@H](c1ccccc1)N(Cc1ccccc1)C(=O)Cc1ccc(Cl)cc1. The van der Waals surface area contributed by atoms with Crippen molar-refractivity contribution in [1.82, 2.24) is 15.1 Å². The van der Waals surface area contributed by atoms with Crippen molar-refractivity contribution in [2.45, 2.75) is 19.0 Å². The molecule has 1 fully saturated rings. The van der Waals surface area contributed by atoms with Gasteiger partial charge in [0.1, 0.15) is 6.04 Å². The van der Waals surface area contributed by atoms with Gasteiger partial charge in [-0.2, -0.15) is 0 Å². The van der Waals surface area contributed by atoms with Gasteiger partial charge < -0.3 is 15.0 Å². The summed E-state index contributed by atoms with van der Waals surface area (Å²) in [6, 6.07) is 25.8. The highest BCUT2D eigenvalue weighted by Crippen LogP contribution is 2.25. The Kier molecular flexibility index (Phi) is 9.50. The molecule has 3 aromatic carbocycles. The minimum atomic E-state index is -0.754. The lowest BCUT2D eigenvalue weighted by atomic mass is 10.0. The Balaban J connectivity index is 1.57. The average molecular weight is 506 g/mol. The van der Waals surface area contributed by atoms with Crippen LogP contribution in [0.4, 0.5) is 0 Å². The van der Waals surface area contributed by atoms with Crippen LogP contribution in [0.2, 0.25) is 5.02 Å². The number of halogens is 1. The first-order valence-electron chi connectivity index (χ1n) is 12.3. The zero-order chi connectivity index (χ0) is 25.2. The molecule has 0 saturated carbocycles. The molecule has 1 saturated heterocycles. The lowest BCUT2D eigenvalue weighted by Gasteiger charge is -2.32. The standard InChI is InChI=1S/C29H32ClN3O3/c30-26-13-11-23(12-14-26)21-27(34)33(22-24-7-3-1-4-8-24)28(25-9-5-2-6-10-25)29(35)31-15-16-32-17-19-36-20-18-32/h1-14,28H,15-22H2,(H,31,35)/t28-/m1/s1. The second-order valence-corrected chi connectivity index (χ2v) is 9.31. The van der Waals surface area contributed by atoms with Crippen LogP contribution in [-0.2, 0) is 27.3 Å². The molecule has 0 unspecified atom stereocenters. The number of nitrogens with one attached hydrogen (secondary N) is 1. The fourth-order valence-corrected chi connectivity index (χ4v) is 4.47. The molecular formula is C29H32ClN3O3. The van der Waals surface area contributed by atoms with E-state index in [0.29, 0.717) is 31.3 Å². The van der Waals surface area contributed by atoms with Crippen molar-refractivity contribution in [1.29, 1.82) is 0 Å². The summed E-state index contributed by atoms with van der Waals surface area (Å²) in [4.78, 5) is 31.3. The number of hydrogen-bond donors (Lipinski definition) is 1. The van der Waals surface area contributed by atoms with Gasteiger partial charge in [0.15, 0.2) is 0 Å². The van der Waals surface area contributed by atoms with Gasteiger partial charge in [-0.15, -0.1) is 0 Å². The minimum Gasteiger partial charge on any atom is -0.379 e. The molecular weight excluding hydrogens is 474 g/mol. The fraction of sp³-hybridized carbons (Fsp3) is 0.310. The predicted octanol–water partition coefficient (Wildman–Crippen LogP) is 4.10. The van der Waals surface area contributed by atoms with Crippen LogP contribution in [0.3, 0.4) is 0 Å². The number of rotatable bonds is 10. The third kappa shape index (κ3) is 7.40. The van der Waals surface area contributed by atoms with E-state index in [1.807, 2.05) is 72.8 Å². The van der Waals surface area contributed by atoms with Crippen molar-refractivity contribution in [2.75, 3.05) is 39.4 Å². The highest BCUT2D eigenvalue weighted by molar-refractivity contribution is 6.30. The summed E-state index contributed by atoms with van der Waals surface area (Å²) in [6.07, 6.45) is 0.175. The molecule has 1 aliphatic heterocycles.